The summed E-state index contributed by atoms with van der Waals surface area (Å²) in [7, 11) is 0. The lowest BCUT2D eigenvalue weighted by Gasteiger charge is -2.14. The molecule has 0 radical (unpaired) electrons. The predicted octanol–water partition coefficient (Wildman–Crippen LogP) is 3.16. The average molecular weight is 237 g/mol. The number of nitrogens with two attached hydrogens (primary N) is 1. The second-order valence-electron chi connectivity index (χ2n) is 5.28. The highest BCUT2D eigenvalue weighted by molar-refractivity contribution is 5.01. The fourth-order valence-electron chi connectivity index (χ4n) is 2.43. The van der Waals surface area contributed by atoms with Crippen molar-refractivity contribution in [3.63, 3.8) is 0 Å². The lowest BCUT2D eigenvalue weighted by atomic mass is 9.98. The van der Waals surface area contributed by atoms with Crippen molar-refractivity contribution in [1.82, 2.24) is 9.78 Å². The van der Waals surface area contributed by atoms with Crippen LogP contribution in [0, 0.1) is 5.92 Å². The SMILES string of the molecule is CCC(CC)n1ccc(CC(C)CC(C)N)n1. The van der Waals surface area contributed by atoms with Gasteiger partial charge in [-0.2, -0.15) is 5.10 Å². The zero-order valence-corrected chi connectivity index (χ0v) is 11.7. The van der Waals surface area contributed by atoms with E-state index in [2.05, 4.69) is 49.7 Å². The number of aromatic nitrogens is 2. The molecule has 2 unspecified atom stereocenters. The Morgan fingerprint density at radius 3 is 2.47 bits per heavy atom. The summed E-state index contributed by atoms with van der Waals surface area (Å²) in [6.07, 6.45) is 6.51. The van der Waals surface area contributed by atoms with E-state index in [0.29, 0.717) is 12.0 Å². The summed E-state index contributed by atoms with van der Waals surface area (Å²) in [5, 5.41) is 4.68. The molecule has 0 aliphatic rings. The first-order chi connectivity index (χ1) is 8.06. The van der Waals surface area contributed by atoms with Gasteiger partial charge in [-0.3, -0.25) is 4.68 Å². The molecule has 1 aromatic heterocycles. The summed E-state index contributed by atoms with van der Waals surface area (Å²) >= 11 is 0. The molecular formula is C14H27N3. The number of nitrogens with zero attached hydrogens (tertiary/aromatic N) is 2. The summed E-state index contributed by atoms with van der Waals surface area (Å²) < 4.78 is 2.12. The summed E-state index contributed by atoms with van der Waals surface area (Å²) in [5.74, 6) is 0.611. The van der Waals surface area contributed by atoms with Crippen LogP contribution < -0.4 is 5.73 Å². The monoisotopic (exact) mass is 237 g/mol. The molecule has 3 nitrogen and oxygen atoms in total. The fourth-order valence-corrected chi connectivity index (χ4v) is 2.43. The van der Waals surface area contributed by atoms with E-state index >= 15 is 0 Å². The van der Waals surface area contributed by atoms with Crippen LogP contribution in [-0.2, 0) is 6.42 Å². The third-order valence-electron chi connectivity index (χ3n) is 3.31. The van der Waals surface area contributed by atoms with Crippen molar-refractivity contribution in [2.75, 3.05) is 0 Å². The molecule has 98 valence electrons. The Morgan fingerprint density at radius 2 is 1.94 bits per heavy atom. The third-order valence-corrected chi connectivity index (χ3v) is 3.31. The van der Waals surface area contributed by atoms with E-state index in [-0.39, 0.29) is 6.04 Å². The van der Waals surface area contributed by atoms with Gasteiger partial charge in [-0.25, -0.2) is 0 Å². The summed E-state index contributed by atoms with van der Waals surface area (Å²) in [4.78, 5) is 0. The Hall–Kier alpha value is -0.830. The minimum absolute atomic E-state index is 0.283. The second-order valence-corrected chi connectivity index (χ2v) is 5.28. The molecule has 1 heterocycles. The second kappa shape index (κ2) is 6.80. The Balaban J connectivity index is 2.56. The van der Waals surface area contributed by atoms with Crippen LogP contribution in [0.25, 0.3) is 0 Å². The lowest BCUT2D eigenvalue weighted by molar-refractivity contribution is 0.418. The van der Waals surface area contributed by atoms with Crippen LogP contribution in [0.2, 0.25) is 0 Å². The molecule has 0 spiro atoms. The van der Waals surface area contributed by atoms with Gasteiger partial charge in [0.25, 0.3) is 0 Å². The number of rotatable bonds is 7. The van der Waals surface area contributed by atoms with Crippen LogP contribution in [0.15, 0.2) is 12.3 Å². The van der Waals surface area contributed by atoms with Gasteiger partial charge >= 0.3 is 0 Å². The fraction of sp³-hybridized carbons (Fsp3) is 0.786. The standard InChI is InChI=1S/C14H27N3/c1-5-14(6-2)17-8-7-13(16-17)10-11(3)9-12(4)15/h7-8,11-12,14H,5-6,9-10,15H2,1-4H3. The quantitative estimate of drug-likeness (QED) is 0.791. The molecule has 0 saturated carbocycles. The number of hydrogen-bond acceptors (Lipinski definition) is 2. The maximum absolute atomic E-state index is 5.82. The average Bonchev–Trinajstić information content (AvgIpc) is 2.67. The highest BCUT2D eigenvalue weighted by atomic mass is 15.3. The summed E-state index contributed by atoms with van der Waals surface area (Å²) in [6.45, 7) is 8.75. The van der Waals surface area contributed by atoms with Gasteiger partial charge in [0.1, 0.15) is 0 Å². The maximum Gasteiger partial charge on any atom is 0.0627 e. The van der Waals surface area contributed by atoms with E-state index in [4.69, 9.17) is 5.73 Å². The maximum atomic E-state index is 5.82. The zero-order valence-electron chi connectivity index (χ0n) is 11.7. The van der Waals surface area contributed by atoms with Gasteiger partial charge in [0, 0.05) is 12.2 Å². The van der Waals surface area contributed by atoms with E-state index in [0.717, 1.165) is 25.7 Å². The molecule has 2 atom stereocenters. The van der Waals surface area contributed by atoms with E-state index in [1.54, 1.807) is 0 Å². The van der Waals surface area contributed by atoms with E-state index in [1.807, 2.05) is 0 Å². The molecule has 0 saturated heterocycles. The largest absolute Gasteiger partial charge is 0.328 e. The van der Waals surface area contributed by atoms with Crippen LogP contribution in [-0.4, -0.2) is 15.8 Å². The molecule has 0 aliphatic heterocycles. The van der Waals surface area contributed by atoms with E-state index in [1.165, 1.54) is 5.69 Å². The first-order valence-corrected chi connectivity index (χ1v) is 6.86. The number of hydrogen-bond donors (Lipinski definition) is 1. The first-order valence-electron chi connectivity index (χ1n) is 6.86. The van der Waals surface area contributed by atoms with Crippen LogP contribution in [0.3, 0.4) is 0 Å². The molecule has 17 heavy (non-hydrogen) atoms. The smallest absolute Gasteiger partial charge is 0.0627 e. The molecular weight excluding hydrogens is 210 g/mol. The Morgan fingerprint density at radius 1 is 1.29 bits per heavy atom. The van der Waals surface area contributed by atoms with Crippen molar-refractivity contribution in [2.45, 2.75) is 65.5 Å². The molecule has 0 aromatic carbocycles. The Bertz CT molecular complexity index is 313. The molecule has 0 bridgehead atoms. The topological polar surface area (TPSA) is 43.8 Å². The molecule has 0 fully saturated rings. The van der Waals surface area contributed by atoms with Crippen molar-refractivity contribution >= 4 is 0 Å². The summed E-state index contributed by atoms with van der Waals surface area (Å²) in [5.41, 5.74) is 7.02. The third kappa shape index (κ3) is 4.50. The van der Waals surface area contributed by atoms with E-state index < -0.39 is 0 Å². The molecule has 2 N–H and O–H groups in total. The highest BCUT2D eigenvalue weighted by Gasteiger charge is 2.11. The van der Waals surface area contributed by atoms with Crippen LogP contribution in [0.4, 0.5) is 0 Å². The van der Waals surface area contributed by atoms with Gasteiger partial charge in [-0.15, -0.1) is 0 Å². The van der Waals surface area contributed by atoms with Crippen LogP contribution in [0.1, 0.15) is 58.7 Å². The van der Waals surface area contributed by atoms with Crippen LogP contribution in [0.5, 0.6) is 0 Å². The Labute approximate surface area is 105 Å². The van der Waals surface area contributed by atoms with Crippen molar-refractivity contribution < 1.29 is 0 Å². The lowest BCUT2D eigenvalue weighted by Crippen LogP contribution is -2.19. The van der Waals surface area contributed by atoms with Gasteiger partial charge in [-0.1, -0.05) is 20.8 Å². The van der Waals surface area contributed by atoms with Crippen molar-refractivity contribution in [3.8, 4) is 0 Å². The van der Waals surface area contributed by atoms with Gasteiger partial charge in [0.2, 0.25) is 0 Å². The van der Waals surface area contributed by atoms with Crippen molar-refractivity contribution in [1.29, 1.82) is 0 Å². The molecule has 3 heteroatoms. The summed E-state index contributed by atoms with van der Waals surface area (Å²) in [6, 6.07) is 2.98. The minimum atomic E-state index is 0.283. The molecule has 1 aromatic rings. The highest BCUT2D eigenvalue weighted by Crippen LogP contribution is 2.17. The molecule has 1 rings (SSSR count). The van der Waals surface area contributed by atoms with Crippen LogP contribution >= 0.6 is 0 Å². The normalized spacial score (nSPS) is 15.2. The van der Waals surface area contributed by atoms with Crippen molar-refractivity contribution in [3.05, 3.63) is 18.0 Å². The van der Waals surface area contributed by atoms with Gasteiger partial charge < -0.3 is 5.73 Å². The van der Waals surface area contributed by atoms with E-state index in [9.17, 15) is 0 Å². The Kier molecular flexibility index (Phi) is 5.69. The zero-order chi connectivity index (χ0) is 12.8. The minimum Gasteiger partial charge on any atom is -0.328 e. The van der Waals surface area contributed by atoms with Crippen molar-refractivity contribution in [2.24, 2.45) is 11.7 Å². The van der Waals surface area contributed by atoms with Gasteiger partial charge in [0.15, 0.2) is 0 Å². The first kappa shape index (κ1) is 14.2. The van der Waals surface area contributed by atoms with Gasteiger partial charge in [-0.05, 0) is 44.6 Å². The molecule has 0 amide bonds. The predicted molar refractivity (Wildman–Crippen MR) is 73.0 cm³/mol. The van der Waals surface area contributed by atoms with Gasteiger partial charge in [0.05, 0.1) is 11.7 Å². The molecule has 0 aliphatic carbocycles.